The van der Waals surface area contributed by atoms with Gasteiger partial charge in [0.25, 0.3) is 0 Å². The molecule has 2 N–H and O–H groups in total. The fourth-order valence-electron chi connectivity index (χ4n) is 3.88. The fourth-order valence-corrected chi connectivity index (χ4v) is 6.93. The van der Waals surface area contributed by atoms with Crippen molar-refractivity contribution in [3.05, 3.63) is 24.3 Å². The van der Waals surface area contributed by atoms with Gasteiger partial charge in [0, 0.05) is 24.7 Å². The molecule has 0 spiro atoms. The Labute approximate surface area is 177 Å². The van der Waals surface area contributed by atoms with E-state index in [4.69, 9.17) is 0 Å². The number of carbonyl (C=O) groups excluding carboxylic acids is 2. The molecule has 1 aromatic rings. The molecule has 9 nitrogen and oxygen atoms in total. The number of likely N-dealkylation sites (tertiary alicyclic amines) is 1. The van der Waals surface area contributed by atoms with E-state index in [0.717, 1.165) is 6.42 Å². The van der Waals surface area contributed by atoms with Crippen LogP contribution >= 0.6 is 0 Å². The van der Waals surface area contributed by atoms with Crippen molar-refractivity contribution in [3.8, 4) is 0 Å². The van der Waals surface area contributed by atoms with Crippen molar-refractivity contribution >= 4 is 37.4 Å². The molecule has 2 aliphatic rings. The van der Waals surface area contributed by atoms with E-state index in [1.165, 1.54) is 24.3 Å². The minimum absolute atomic E-state index is 0.0140. The van der Waals surface area contributed by atoms with Crippen LogP contribution in [0.5, 0.6) is 0 Å². The van der Waals surface area contributed by atoms with Gasteiger partial charge in [0.15, 0.2) is 9.84 Å². The number of carbonyl (C=O) groups is 2. The number of hydrogen-bond acceptors (Lipinski definition) is 6. The van der Waals surface area contributed by atoms with Crippen LogP contribution in [0.2, 0.25) is 0 Å². The van der Waals surface area contributed by atoms with Gasteiger partial charge in [-0.15, -0.1) is 0 Å². The van der Waals surface area contributed by atoms with Gasteiger partial charge in [-0.25, -0.2) is 21.6 Å². The third-order valence-electron chi connectivity index (χ3n) is 5.33. The van der Waals surface area contributed by atoms with Gasteiger partial charge in [0.2, 0.25) is 21.8 Å². The molecule has 3 rings (SSSR count). The van der Waals surface area contributed by atoms with Crippen LogP contribution < -0.4 is 10.0 Å². The summed E-state index contributed by atoms with van der Waals surface area (Å²) in [6, 6.07) is 4.43. The predicted octanol–water partition coefficient (Wildman–Crippen LogP) is 0.738. The van der Waals surface area contributed by atoms with Gasteiger partial charge in [0.1, 0.15) is 6.04 Å². The van der Waals surface area contributed by atoms with Crippen LogP contribution in [0, 0.1) is 5.92 Å². The van der Waals surface area contributed by atoms with Crippen LogP contribution in [-0.2, 0) is 29.4 Å². The first-order valence-electron chi connectivity index (χ1n) is 9.92. The molecule has 2 amide bonds. The summed E-state index contributed by atoms with van der Waals surface area (Å²) in [7, 11) is -7.07. The summed E-state index contributed by atoms with van der Waals surface area (Å²) >= 11 is 0. The lowest BCUT2D eigenvalue weighted by Gasteiger charge is -2.29. The van der Waals surface area contributed by atoms with Crippen LogP contribution in [0.4, 0.5) is 5.69 Å². The molecule has 2 fully saturated rings. The second-order valence-corrected chi connectivity index (χ2v) is 12.1. The molecular weight excluding hydrogens is 430 g/mol. The zero-order chi connectivity index (χ0) is 22.1. The SMILES string of the molecule is CC(C)C(C(=O)Nc1ccc(S(=O)(=O)NC2CCS(=O)(=O)C2)cc1)N1CCCC1=O. The second-order valence-electron chi connectivity index (χ2n) is 8.11. The Bertz CT molecular complexity index is 1020. The van der Waals surface area contributed by atoms with E-state index in [2.05, 4.69) is 10.0 Å². The largest absolute Gasteiger partial charge is 0.330 e. The van der Waals surface area contributed by atoms with E-state index < -0.39 is 31.9 Å². The average molecular weight is 458 g/mol. The van der Waals surface area contributed by atoms with Crippen molar-refractivity contribution in [1.29, 1.82) is 0 Å². The van der Waals surface area contributed by atoms with Crippen molar-refractivity contribution in [2.24, 2.45) is 5.92 Å². The van der Waals surface area contributed by atoms with Gasteiger partial charge in [-0.1, -0.05) is 13.8 Å². The molecule has 1 aromatic carbocycles. The molecule has 0 aromatic heterocycles. The summed E-state index contributed by atoms with van der Waals surface area (Å²) in [5, 5.41) is 2.76. The van der Waals surface area contributed by atoms with E-state index in [9.17, 15) is 26.4 Å². The Morgan fingerprint density at radius 3 is 2.37 bits per heavy atom. The molecule has 2 aliphatic heterocycles. The third-order valence-corrected chi connectivity index (χ3v) is 8.64. The third kappa shape index (κ3) is 5.19. The number of amides is 2. The Balaban J connectivity index is 1.67. The van der Waals surface area contributed by atoms with Crippen LogP contribution in [0.1, 0.15) is 33.1 Å². The number of hydrogen-bond donors (Lipinski definition) is 2. The van der Waals surface area contributed by atoms with Crippen molar-refractivity contribution in [1.82, 2.24) is 9.62 Å². The molecule has 30 heavy (non-hydrogen) atoms. The molecule has 2 heterocycles. The lowest BCUT2D eigenvalue weighted by molar-refractivity contribution is -0.136. The maximum atomic E-state index is 12.8. The number of anilines is 1. The van der Waals surface area contributed by atoms with Crippen LogP contribution in [0.15, 0.2) is 29.2 Å². The summed E-state index contributed by atoms with van der Waals surface area (Å²) < 4.78 is 50.5. The van der Waals surface area contributed by atoms with Gasteiger partial charge in [-0.05, 0) is 43.0 Å². The molecule has 0 aliphatic carbocycles. The van der Waals surface area contributed by atoms with E-state index in [1.54, 1.807) is 4.90 Å². The number of benzene rings is 1. The molecule has 2 saturated heterocycles. The smallest absolute Gasteiger partial charge is 0.247 e. The molecule has 0 saturated carbocycles. The molecular formula is C19H27N3O6S2. The van der Waals surface area contributed by atoms with Crippen molar-refractivity contribution in [2.75, 3.05) is 23.4 Å². The highest BCUT2D eigenvalue weighted by molar-refractivity contribution is 7.92. The fraction of sp³-hybridized carbons (Fsp3) is 0.579. The topological polar surface area (TPSA) is 130 Å². The minimum atomic E-state index is -3.87. The van der Waals surface area contributed by atoms with E-state index in [0.29, 0.717) is 18.7 Å². The number of sulfonamides is 1. The number of sulfone groups is 1. The monoisotopic (exact) mass is 457 g/mol. The van der Waals surface area contributed by atoms with Gasteiger partial charge in [-0.2, -0.15) is 0 Å². The molecule has 11 heteroatoms. The minimum Gasteiger partial charge on any atom is -0.330 e. The molecule has 2 unspecified atom stereocenters. The standard InChI is InChI=1S/C19H27N3O6S2/c1-13(2)18(22-10-3-4-17(22)23)19(24)20-14-5-7-16(8-6-14)30(27,28)21-15-9-11-29(25,26)12-15/h5-8,13,15,18,21H,3-4,9-12H2,1-2H3,(H,20,24). The summed E-state index contributed by atoms with van der Waals surface area (Å²) in [5.74, 6) is -0.650. The Morgan fingerprint density at radius 1 is 1.20 bits per heavy atom. The summed E-state index contributed by atoms with van der Waals surface area (Å²) in [6.07, 6.45) is 1.43. The highest BCUT2D eigenvalue weighted by Gasteiger charge is 2.35. The van der Waals surface area contributed by atoms with Crippen molar-refractivity contribution in [3.63, 3.8) is 0 Å². The van der Waals surface area contributed by atoms with Gasteiger partial charge >= 0.3 is 0 Å². The number of nitrogens with one attached hydrogen (secondary N) is 2. The summed E-state index contributed by atoms with van der Waals surface area (Å²) in [6.45, 7) is 4.30. The van der Waals surface area contributed by atoms with Crippen LogP contribution in [0.25, 0.3) is 0 Å². The van der Waals surface area contributed by atoms with Crippen molar-refractivity contribution < 1.29 is 26.4 Å². The van der Waals surface area contributed by atoms with E-state index in [-0.39, 0.29) is 40.6 Å². The van der Waals surface area contributed by atoms with Gasteiger partial charge in [0.05, 0.1) is 16.4 Å². The normalized spacial score (nSPS) is 22.4. The van der Waals surface area contributed by atoms with E-state index in [1.807, 2.05) is 13.8 Å². The molecule has 166 valence electrons. The average Bonchev–Trinajstić information content (AvgIpc) is 3.20. The molecule has 2 atom stereocenters. The van der Waals surface area contributed by atoms with Crippen LogP contribution in [-0.4, -0.2) is 63.7 Å². The first kappa shape index (κ1) is 22.7. The van der Waals surface area contributed by atoms with E-state index >= 15 is 0 Å². The maximum Gasteiger partial charge on any atom is 0.247 e. The zero-order valence-corrected chi connectivity index (χ0v) is 18.6. The maximum absolute atomic E-state index is 12.8. The lowest BCUT2D eigenvalue weighted by atomic mass is 10.0. The van der Waals surface area contributed by atoms with Gasteiger partial charge in [-0.3, -0.25) is 9.59 Å². The Kier molecular flexibility index (Phi) is 6.54. The first-order valence-corrected chi connectivity index (χ1v) is 13.2. The van der Waals surface area contributed by atoms with Crippen molar-refractivity contribution in [2.45, 2.75) is 50.1 Å². The molecule has 0 radical (unpaired) electrons. The number of rotatable bonds is 7. The van der Waals surface area contributed by atoms with Gasteiger partial charge < -0.3 is 10.2 Å². The Morgan fingerprint density at radius 2 is 1.87 bits per heavy atom. The number of nitrogens with zero attached hydrogens (tertiary/aromatic N) is 1. The van der Waals surface area contributed by atoms with Crippen LogP contribution in [0.3, 0.4) is 0 Å². The lowest BCUT2D eigenvalue weighted by Crippen LogP contribution is -2.47. The highest BCUT2D eigenvalue weighted by atomic mass is 32.2. The zero-order valence-electron chi connectivity index (χ0n) is 17.0. The summed E-state index contributed by atoms with van der Waals surface area (Å²) in [4.78, 5) is 26.4. The quantitative estimate of drug-likeness (QED) is 0.621. The first-order chi connectivity index (χ1) is 14.0. The highest BCUT2D eigenvalue weighted by Crippen LogP contribution is 2.22. The molecule has 0 bridgehead atoms. The summed E-state index contributed by atoms with van der Waals surface area (Å²) in [5.41, 5.74) is 0.416. The Hall–Kier alpha value is -1.98. The second kappa shape index (κ2) is 8.64. The predicted molar refractivity (Wildman–Crippen MR) is 112 cm³/mol.